The molecule has 0 spiro atoms. The van der Waals surface area contributed by atoms with E-state index >= 15 is 0 Å². The van der Waals surface area contributed by atoms with Crippen molar-refractivity contribution in [1.29, 1.82) is 0 Å². The highest BCUT2D eigenvalue weighted by Gasteiger charge is 2.26. The Labute approximate surface area is 122 Å². The first-order chi connectivity index (χ1) is 9.49. The van der Waals surface area contributed by atoms with E-state index in [0.29, 0.717) is 6.04 Å². The zero-order valence-corrected chi connectivity index (χ0v) is 13.1. The van der Waals surface area contributed by atoms with Crippen LogP contribution in [0.3, 0.4) is 0 Å². The molecule has 0 unspecified atom stereocenters. The van der Waals surface area contributed by atoms with Crippen LogP contribution in [-0.4, -0.2) is 37.0 Å². The van der Waals surface area contributed by atoms with E-state index in [-0.39, 0.29) is 11.8 Å². The standard InChI is InChI=1S/C17H26N2O/c1-13(2)17(20)18(4)15-8-10-19(11-9-15)16-7-5-6-14(3)12-16/h5-7,12-13,15H,8-11H2,1-4H3. The van der Waals surface area contributed by atoms with Crippen molar-refractivity contribution in [2.75, 3.05) is 25.0 Å². The van der Waals surface area contributed by atoms with Crippen molar-refractivity contribution in [2.45, 2.75) is 39.7 Å². The summed E-state index contributed by atoms with van der Waals surface area (Å²) in [6, 6.07) is 9.06. The summed E-state index contributed by atoms with van der Waals surface area (Å²) in [7, 11) is 1.95. The minimum Gasteiger partial charge on any atom is -0.371 e. The molecule has 3 nitrogen and oxygen atoms in total. The van der Waals surface area contributed by atoms with Crippen LogP contribution in [-0.2, 0) is 4.79 Å². The highest BCUT2D eigenvalue weighted by atomic mass is 16.2. The molecular formula is C17H26N2O. The summed E-state index contributed by atoms with van der Waals surface area (Å²) in [6.45, 7) is 8.14. The summed E-state index contributed by atoms with van der Waals surface area (Å²) in [5.41, 5.74) is 2.61. The normalized spacial score (nSPS) is 16.6. The third kappa shape index (κ3) is 3.33. The van der Waals surface area contributed by atoms with E-state index in [1.54, 1.807) is 0 Å². The highest BCUT2D eigenvalue weighted by Crippen LogP contribution is 2.23. The molecule has 1 aromatic carbocycles. The lowest BCUT2D eigenvalue weighted by Crippen LogP contribution is -2.46. The lowest BCUT2D eigenvalue weighted by atomic mass is 10.0. The van der Waals surface area contributed by atoms with E-state index in [2.05, 4.69) is 36.1 Å². The Bertz CT molecular complexity index is 462. The predicted molar refractivity (Wildman–Crippen MR) is 84.0 cm³/mol. The van der Waals surface area contributed by atoms with Gasteiger partial charge in [-0.15, -0.1) is 0 Å². The van der Waals surface area contributed by atoms with Crippen LogP contribution in [0.4, 0.5) is 5.69 Å². The van der Waals surface area contributed by atoms with Gasteiger partial charge in [-0.3, -0.25) is 4.79 Å². The van der Waals surface area contributed by atoms with E-state index in [4.69, 9.17) is 0 Å². The Morgan fingerprint density at radius 2 is 1.95 bits per heavy atom. The average Bonchev–Trinajstić information content (AvgIpc) is 2.46. The van der Waals surface area contributed by atoms with Gasteiger partial charge in [0.25, 0.3) is 0 Å². The largest absolute Gasteiger partial charge is 0.371 e. The van der Waals surface area contributed by atoms with Crippen LogP contribution < -0.4 is 4.90 Å². The molecule has 1 aliphatic rings. The van der Waals surface area contributed by atoms with Gasteiger partial charge in [-0.2, -0.15) is 0 Å². The zero-order chi connectivity index (χ0) is 14.7. The fraction of sp³-hybridized carbons (Fsp3) is 0.588. The first kappa shape index (κ1) is 14.9. The van der Waals surface area contributed by atoms with Crippen molar-refractivity contribution in [3.63, 3.8) is 0 Å². The quantitative estimate of drug-likeness (QED) is 0.845. The molecule has 2 rings (SSSR count). The second-order valence-corrected chi connectivity index (χ2v) is 6.16. The van der Waals surface area contributed by atoms with E-state index < -0.39 is 0 Å². The van der Waals surface area contributed by atoms with Crippen LogP contribution in [0, 0.1) is 12.8 Å². The molecule has 0 aromatic heterocycles. The van der Waals surface area contributed by atoms with E-state index in [1.165, 1.54) is 11.3 Å². The number of rotatable bonds is 3. The predicted octanol–water partition coefficient (Wildman–Crippen LogP) is 3.08. The molecule has 0 bridgehead atoms. The van der Waals surface area contributed by atoms with Gasteiger partial charge in [0.05, 0.1) is 0 Å². The van der Waals surface area contributed by atoms with Crippen molar-refractivity contribution >= 4 is 11.6 Å². The molecule has 3 heteroatoms. The van der Waals surface area contributed by atoms with Crippen LogP contribution in [0.15, 0.2) is 24.3 Å². The monoisotopic (exact) mass is 274 g/mol. The van der Waals surface area contributed by atoms with Gasteiger partial charge in [0, 0.05) is 37.8 Å². The average molecular weight is 274 g/mol. The Kier molecular flexibility index (Phi) is 4.69. The fourth-order valence-corrected chi connectivity index (χ4v) is 2.92. The Morgan fingerprint density at radius 3 is 2.50 bits per heavy atom. The Balaban J connectivity index is 1.94. The fourth-order valence-electron chi connectivity index (χ4n) is 2.92. The number of carbonyl (C=O) groups is 1. The molecule has 0 saturated carbocycles. The summed E-state index contributed by atoms with van der Waals surface area (Å²) in [5, 5.41) is 0. The molecular weight excluding hydrogens is 248 g/mol. The number of amides is 1. The molecule has 1 aromatic rings. The van der Waals surface area contributed by atoms with E-state index in [9.17, 15) is 4.79 Å². The van der Waals surface area contributed by atoms with Crippen molar-refractivity contribution < 1.29 is 4.79 Å². The number of piperidine rings is 1. The van der Waals surface area contributed by atoms with Crippen LogP contribution >= 0.6 is 0 Å². The first-order valence-electron chi connectivity index (χ1n) is 7.57. The van der Waals surface area contributed by atoms with Crippen molar-refractivity contribution in [1.82, 2.24) is 4.90 Å². The zero-order valence-electron chi connectivity index (χ0n) is 13.1. The van der Waals surface area contributed by atoms with Crippen LogP contribution in [0.5, 0.6) is 0 Å². The van der Waals surface area contributed by atoms with Gasteiger partial charge in [0.2, 0.25) is 5.91 Å². The number of hydrogen-bond acceptors (Lipinski definition) is 2. The molecule has 0 aliphatic carbocycles. The smallest absolute Gasteiger partial charge is 0.225 e. The molecule has 110 valence electrons. The maximum absolute atomic E-state index is 12.1. The number of aryl methyl sites for hydroxylation is 1. The lowest BCUT2D eigenvalue weighted by molar-refractivity contribution is -0.135. The maximum Gasteiger partial charge on any atom is 0.225 e. The second kappa shape index (κ2) is 6.29. The summed E-state index contributed by atoms with van der Waals surface area (Å²) in [4.78, 5) is 16.4. The van der Waals surface area contributed by atoms with Crippen LogP contribution in [0.2, 0.25) is 0 Å². The highest BCUT2D eigenvalue weighted by molar-refractivity contribution is 5.78. The molecule has 20 heavy (non-hydrogen) atoms. The molecule has 1 fully saturated rings. The van der Waals surface area contributed by atoms with Crippen molar-refractivity contribution in [3.8, 4) is 0 Å². The van der Waals surface area contributed by atoms with Gasteiger partial charge in [-0.05, 0) is 37.5 Å². The molecule has 1 amide bonds. The molecule has 1 heterocycles. The number of nitrogens with zero attached hydrogens (tertiary/aromatic N) is 2. The minimum absolute atomic E-state index is 0.0924. The number of carbonyl (C=O) groups excluding carboxylic acids is 1. The van der Waals surface area contributed by atoms with Gasteiger partial charge in [-0.1, -0.05) is 26.0 Å². The Morgan fingerprint density at radius 1 is 1.30 bits per heavy atom. The third-order valence-electron chi connectivity index (χ3n) is 4.22. The van der Waals surface area contributed by atoms with Gasteiger partial charge >= 0.3 is 0 Å². The topological polar surface area (TPSA) is 23.6 Å². The summed E-state index contributed by atoms with van der Waals surface area (Å²) < 4.78 is 0. The second-order valence-electron chi connectivity index (χ2n) is 6.16. The molecule has 0 N–H and O–H groups in total. The SMILES string of the molecule is Cc1cccc(N2CCC(N(C)C(=O)C(C)C)CC2)c1. The van der Waals surface area contributed by atoms with Gasteiger partial charge in [-0.25, -0.2) is 0 Å². The molecule has 0 atom stereocenters. The Hall–Kier alpha value is -1.51. The summed E-state index contributed by atoms with van der Waals surface area (Å²) >= 11 is 0. The third-order valence-corrected chi connectivity index (χ3v) is 4.22. The molecule has 0 radical (unpaired) electrons. The van der Waals surface area contributed by atoms with E-state index in [1.807, 2.05) is 25.8 Å². The maximum atomic E-state index is 12.1. The minimum atomic E-state index is 0.0924. The van der Waals surface area contributed by atoms with Crippen molar-refractivity contribution in [3.05, 3.63) is 29.8 Å². The van der Waals surface area contributed by atoms with Gasteiger partial charge < -0.3 is 9.80 Å². The number of hydrogen-bond donors (Lipinski definition) is 0. The van der Waals surface area contributed by atoms with Crippen LogP contribution in [0.1, 0.15) is 32.3 Å². The summed E-state index contributed by atoms with van der Waals surface area (Å²) in [6.07, 6.45) is 2.12. The molecule has 1 saturated heterocycles. The first-order valence-corrected chi connectivity index (χ1v) is 7.57. The number of benzene rings is 1. The van der Waals surface area contributed by atoms with E-state index in [0.717, 1.165) is 25.9 Å². The van der Waals surface area contributed by atoms with Crippen LogP contribution in [0.25, 0.3) is 0 Å². The van der Waals surface area contributed by atoms with Gasteiger partial charge in [0.15, 0.2) is 0 Å². The summed E-state index contributed by atoms with van der Waals surface area (Å²) in [5.74, 6) is 0.355. The van der Waals surface area contributed by atoms with Gasteiger partial charge in [0.1, 0.15) is 0 Å². The van der Waals surface area contributed by atoms with Crippen molar-refractivity contribution in [2.24, 2.45) is 5.92 Å². The molecule has 1 aliphatic heterocycles. The number of anilines is 1. The lowest BCUT2D eigenvalue weighted by Gasteiger charge is -2.38.